The van der Waals surface area contributed by atoms with E-state index in [1.807, 2.05) is 0 Å². The molecule has 0 saturated heterocycles. The summed E-state index contributed by atoms with van der Waals surface area (Å²) in [7, 11) is 0. The molecule has 2 unspecified atom stereocenters. The van der Waals surface area contributed by atoms with E-state index in [1.165, 1.54) is 37.8 Å². The van der Waals surface area contributed by atoms with E-state index >= 15 is 0 Å². The molecule has 102 valence electrons. The molecule has 1 aromatic rings. The molecule has 1 aromatic heterocycles. The first-order valence-electron chi connectivity index (χ1n) is 7.51. The van der Waals surface area contributed by atoms with Gasteiger partial charge in [-0.3, -0.25) is 4.68 Å². The van der Waals surface area contributed by atoms with Gasteiger partial charge in [-0.1, -0.05) is 19.8 Å². The Hall–Kier alpha value is -0.830. The number of hydrogen-bond acceptors (Lipinski definition) is 2. The number of hydrogen-bond donors (Lipinski definition) is 1. The Morgan fingerprint density at radius 3 is 2.83 bits per heavy atom. The van der Waals surface area contributed by atoms with Crippen molar-refractivity contribution in [2.24, 2.45) is 5.92 Å². The number of aromatic nitrogens is 2. The summed E-state index contributed by atoms with van der Waals surface area (Å²) in [5, 5.41) is 8.23. The molecule has 1 heterocycles. The number of nitrogens with one attached hydrogen (secondary N) is 1. The maximum atomic E-state index is 4.56. The SMILES string of the molecule is CCNC1CCCCC1Cc1cc(C)nn1CC. The fourth-order valence-electron chi connectivity index (χ4n) is 3.29. The first-order valence-corrected chi connectivity index (χ1v) is 7.51. The highest BCUT2D eigenvalue weighted by molar-refractivity contribution is 5.10. The van der Waals surface area contributed by atoms with Crippen molar-refractivity contribution in [1.82, 2.24) is 15.1 Å². The lowest BCUT2D eigenvalue weighted by molar-refractivity contribution is 0.260. The summed E-state index contributed by atoms with van der Waals surface area (Å²) >= 11 is 0. The summed E-state index contributed by atoms with van der Waals surface area (Å²) in [6.07, 6.45) is 6.68. The summed E-state index contributed by atoms with van der Waals surface area (Å²) in [5.41, 5.74) is 2.58. The monoisotopic (exact) mass is 249 g/mol. The number of rotatable bonds is 5. The number of nitrogens with zero attached hydrogens (tertiary/aromatic N) is 2. The van der Waals surface area contributed by atoms with Crippen LogP contribution in [-0.2, 0) is 13.0 Å². The molecule has 0 aromatic carbocycles. The second-order valence-electron chi connectivity index (χ2n) is 5.51. The molecule has 18 heavy (non-hydrogen) atoms. The van der Waals surface area contributed by atoms with Crippen molar-refractivity contribution < 1.29 is 0 Å². The zero-order valence-electron chi connectivity index (χ0n) is 12.1. The smallest absolute Gasteiger partial charge is 0.0596 e. The average molecular weight is 249 g/mol. The van der Waals surface area contributed by atoms with Crippen LogP contribution in [0, 0.1) is 12.8 Å². The first kappa shape index (κ1) is 13.6. The van der Waals surface area contributed by atoms with E-state index in [1.54, 1.807) is 0 Å². The highest BCUT2D eigenvalue weighted by Gasteiger charge is 2.25. The van der Waals surface area contributed by atoms with Crippen molar-refractivity contribution >= 4 is 0 Å². The van der Waals surface area contributed by atoms with Crippen molar-refractivity contribution in [3.8, 4) is 0 Å². The van der Waals surface area contributed by atoms with Crippen LogP contribution in [0.2, 0.25) is 0 Å². The second kappa shape index (κ2) is 6.37. The zero-order valence-corrected chi connectivity index (χ0v) is 12.1. The first-order chi connectivity index (χ1) is 8.74. The molecule has 0 radical (unpaired) electrons. The molecule has 1 aliphatic carbocycles. The summed E-state index contributed by atoms with van der Waals surface area (Å²) in [6, 6.07) is 2.98. The van der Waals surface area contributed by atoms with Crippen LogP contribution in [-0.4, -0.2) is 22.4 Å². The van der Waals surface area contributed by atoms with Gasteiger partial charge in [-0.15, -0.1) is 0 Å². The van der Waals surface area contributed by atoms with Crippen molar-refractivity contribution in [3.63, 3.8) is 0 Å². The van der Waals surface area contributed by atoms with Gasteiger partial charge in [0, 0.05) is 18.3 Å². The Balaban J connectivity index is 2.05. The van der Waals surface area contributed by atoms with Crippen molar-refractivity contribution in [2.75, 3.05) is 6.54 Å². The third-order valence-corrected chi connectivity index (χ3v) is 4.13. The summed E-state index contributed by atoms with van der Waals surface area (Å²) in [4.78, 5) is 0. The number of aryl methyl sites for hydroxylation is 2. The molecule has 1 N–H and O–H groups in total. The van der Waals surface area contributed by atoms with Crippen LogP contribution >= 0.6 is 0 Å². The molecular formula is C15H27N3. The molecular weight excluding hydrogens is 222 g/mol. The molecule has 2 rings (SSSR count). The predicted molar refractivity (Wildman–Crippen MR) is 75.8 cm³/mol. The highest BCUT2D eigenvalue weighted by atomic mass is 15.3. The Morgan fingerprint density at radius 1 is 1.33 bits per heavy atom. The van der Waals surface area contributed by atoms with Crippen LogP contribution in [0.15, 0.2) is 6.07 Å². The van der Waals surface area contributed by atoms with Gasteiger partial charge >= 0.3 is 0 Å². The van der Waals surface area contributed by atoms with Gasteiger partial charge in [0.25, 0.3) is 0 Å². The quantitative estimate of drug-likeness (QED) is 0.869. The molecule has 0 spiro atoms. The van der Waals surface area contributed by atoms with Gasteiger partial charge in [0.1, 0.15) is 0 Å². The fourth-order valence-corrected chi connectivity index (χ4v) is 3.29. The topological polar surface area (TPSA) is 29.9 Å². The van der Waals surface area contributed by atoms with Gasteiger partial charge in [-0.25, -0.2) is 0 Å². The van der Waals surface area contributed by atoms with Crippen LogP contribution in [0.4, 0.5) is 0 Å². The fraction of sp³-hybridized carbons (Fsp3) is 0.800. The van der Waals surface area contributed by atoms with Crippen LogP contribution in [0.25, 0.3) is 0 Å². The summed E-state index contributed by atoms with van der Waals surface area (Å²) in [5.74, 6) is 0.792. The lowest BCUT2D eigenvalue weighted by atomic mass is 9.81. The van der Waals surface area contributed by atoms with Crippen LogP contribution in [0.1, 0.15) is 50.9 Å². The molecule has 0 bridgehead atoms. The minimum atomic E-state index is 0.712. The Bertz CT molecular complexity index is 368. The third kappa shape index (κ3) is 3.14. The molecule has 1 saturated carbocycles. The Morgan fingerprint density at radius 2 is 2.11 bits per heavy atom. The van der Waals surface area contributed by atoms with Gasteiger partial charge < -0.3 is 5.32 Å². The van der Waals surface area contributed by atoms with Gasteiger partial charge in [0.15, 0.2) is 0 Å². The molecule has 2 atom stereocenters. The van der Waals surface area contributed by atoms with E-state index in [2.05, 4.69) is 41.9 Å². The molecule has 1 aliphatic rings. The van der Waals surface area contributed by atoms with Crippen LogP contribution in [0.5, 0.6) is 0 Å². The van der Waals surface area contributed by atoms with Gasteiger partial charge in [-0.2, -0.15) is 5.10 Å². The predicted octanol–water partition coefficient (Wildman–Crippen LogP) is 2.92. The van der Waals surface area contributed by atoms with Crippen molar-refractivity contribution in [3.05, 3.63) is 17.5 Å². The molecule has 3 heteroatoms. The van der Waals surface area contributed by atoms with Gasteiger partial charge in [0.05, 0.1) is 5.69 Å². The molecule has 0 aliphatic heterocycles. The Kier molecular flexibility index (Phi) is 4.81. The van der Waals surface area contributed by atoms with E-state index < -0.39 is 0 Å². The average Bonchev–Trinajstić information content (AvgIpc) is 2.72. The maximum absolute atomic E-state index is 4.56. The standard InChI is InChI=1S/C15H27N3/c1-4-16-15-9-7-6-8-13(15)11-14-10-12(3)17-18(14)5-2/h10,13,15-16H,4-9,11H2,1-3H3. The van der Waals surface area contributed by atoms with E-state index in [4.69, 9.17) is 0 Å². The maximum Gasteiger partial charge on any atom is 0.0596 e. The van der Waals surface area contributed by atoms with Crippen molar-refractivity contribution in [2.45, 2.75) is 65.5 Å². The molecule has 0 amide bonds. The third-order valence-electron chi connectivity index (χ3n) is 4.13. The Labute approximate surface area is 111 Å². The minimum absolute atomic E-state index is 0.712. The summed E-state index contributed by atoms with van der Waals surface area (Å²) in [6.45, 7) is 8.57. The second-order valence-corrected chi connectivity index (χ2v) is 5.51. The lowest BCUT2D eigenvalue weighted by Crippen LogP contribution is -2.39. The van der Waals surface area contributed by atoms with Crippen LogP contribution < -0.4 is 5.32 Å². The summed E-state index contributed by atoms with van der Waals surface area (Å²) < 4.78 is 2.17. The largest absolute Gasteiger partial charge is 0.314 e. The highest BCUT2D eigenvalue weighted by Crippen LogP contribution is 2.27. The molecule has 3 nitrogen and oxygen atoms in total. The van der Waals surface area contributed by atoms with E-state index in [0.29, 0.717) is 6.04 Å². The van der Waals surface area contributed by atoms with Gasteiger partial charge in [0.2, 0.25) is 0 Å². The van der Waals surface area contributed by atoms with E-state index in [0.717, 1.165) is 24.7 Å². The van der Waals surface area contributed by atoms with E-state index in [-0.39, 0.29) is 0 Å². The van der Waals surface area contributed by atoms with E-state index in [9.17, 15) is 0 Å². The van der Waals surface area contributed by atoms with Crippen molar-refractivity contribution in [1.29, 1.82) is 0 Å². The van der Waals surface area contributed by atoms with Gasteiger partial charge in [-0.05, 0) is 51.6 Å². The lowest BCUT2D eigenvalue weighted by Gasteiger charge is -2.32. The normalized spacial score (nSPS) is 24.4. The minimum Gasteiger partial charge on any atom is -0.314 e. The van der Waals surface area contributed by atoms with Crippen LogP contribution in [0.3, 0.4) is 0 Å². The zero-order chi connectivity index (χ0) is 13.0. The molecule has 1 fully saturated rings.